The third-order valence-electron chi connectivity index (χ3n) is 6.59. The number of hydrogen-bond acceptors (Lipinski definition) is 9. The number of ether oxygens (including phenoxy) is 5. The lowest BCUT2D eigenvalue weighted by atomic mass is 10.2. The molecule has 0 aliphatic heterocycles. The summed E-state index contributed by atoms with van der Waals surface area (Å²) in [5.74, 6) is 1.02. The van der Waals surface area contributed by atoms with Crippen LogP contribution in [0.5, 0.6) is 17.2 Å². The van der Waals surface area contributed by atoms with Crippen molar-refractivity contribution in [2.24, 2.45) is 0 Å². The Balaban J connectivity index is 1.27. The summed E-state index contributed by atoms with van der Waals surface area (Å²) in [4.78, 5) is 24.3. The molecule has 0 aliphatic carbocycles. The first kappa shape index (κ1) is 33.0. The zero-order chi connectivity index (χ0) is 30.9. The van der Waals surface area contributed by atoms with Gasteiger partial charge >= 0.3 is 11.9 Å². The second kappa shape index (κ2) is 18.1. The molecule has 0 fully saturated rings. The van der Waals surface area contributed by atoms with Crippen LogP contribution < -0.4 is 25.7 Å². The molecular weight excluding hydrogens is 548 g/mol. The highest BCUT2D eigenvalue weighted by molar-refractivity contribution is 5.91. The Kier molecular flexibility index (Phi) is 13.9. The number of esters is 2. The molecule has 3 rings (SSSR count). The number of anilines is 2. The van der Waals surface area contributed by atoms with Gasteiger partial charge in [0.2, 0.25) is 0 Å². The molecule has 0 aromatic heterocycles. The normalized spacial score (nSPS) is 11.7. The standard InChI is InChI=1S/C34H42N2O7/c1-3-29(39-2)18-21-41-31-13-15-32(16-14-31)43-33(37)17-10-25-8-11-30(12-9-25)40-19-6-4-5-7-20-42-34(38)26-22-27(35)24-28(36)23-26/h8-17,22-24,29H,3-7,18-21,35-36H2,1-2H3/b17-10+. The van der Waals surface area contributed by atoms with Crippen LogP contribution in [0, 0.1) is 0 Å². The number of carbonyl (C=O) groups excluding carboxylic acids is 2. The van der Waals surface area contributed by atoms with Gasteiger partial charge in [-0.2, -0.15) is 0 Å². The van der Waals surface area contributed by atoms with Crippen molar-refractivity contribution in [2.75, 3.05) is 38.4 Å². The minimum Gasteiger partial charge on any atom is -0.494 e. The summed E-state index contributed by atoms with van der Waals surface area (Å²) < 4.78 is 27.5. The van der Waals surface area contributed by atoms with Gasteiger partial charge in [-0.15, -0.1) is 0 Å². The van der Waals surface area contributed by atoms with E-state index in [-0.39, 0.29) is 6.10 Å². The van der Waals surface area contributed by atoms with Crippen LogP contribution in [-0.4, -0.2) is 45.0 Å². The summed E-state index contributed by atoms with van der Waals surface area (Å²) >= 11 is 0. The molecule has 1 unspecified atom stereocenters. The zero-order valence-electron chi connectivity index (χ0n) is 25.0. The molecule has 0 radical (unpaired) electrons. The van der Waals surface area contributed by atoms with Gasteiger partial charge < -0.3 is 35.2 Å². The lowest BCUT2D eigenvalue weighted by Crippen LogP contribution is -2.13. The number of methoxy groups -OCH3 is 1. The van der Waals surface area contributed by atoms with Gasteiger partial charge in [0, 0.05) is 31.0 Å². The number of nitrogen functional groups attached to an aromatic ring is 2. The monoisotopic (exact) mass is 590 g/mol. The molecule has 0 saturated carbocycles. The van der Waals surface area contributed by atoms with Crippen molar-refractivity contribution >= 4 is 29.4 Å². The van der Waals surface area contributed by atoms with Crippen LogP contribution >= 0.6 is 0 Å². The van der Waals surface area contributed by atoms with Gasteiger partial charge in [-0.1, -0.05) is 19.1 Å². The van der Waals surface area contributed by atoms with Gasteiger partial charge in [-0.25, -0.2) is 9.59 Å². The lowest BCUT2D eigenvalue weighted by molar-refractivity contribution is -0.128. The van der Waals surface area contributed by atoms with Gasteiger partial charge in [-0.3, -0.25) is 0 Å². The largest absolute Gasteiger partial charge is 0.494 e. The van der Waals surface area contributed by atoms with Crippen LogP contribution in [0.2, 0.25) is 0 Å². The summed E-state index contributed by atoms with van der Waals surface area (Å²) in [6.07, 6.45) is 8.54. The molecule has 230 valence electrons. The third-order valence-corrected chi connectivity index (χ3v) is 6.59. The Morgan fingerprint density at radius 2 is 1.35 bits per heavy atom. The molecule has 3 aromatic rings. The van der Waals surface area contributed by atoms with Crippen molar-refractivity contribution in [1.82, 2.24) is 0 Å². The molecule has 0 spiro atoms. The third kappa shape index (κ3) is 12.5. The summed E-state index contributed by atoms with van der Waals surface area (Å²) in [5, 5.41) is 0. The molecule has 1 atom stereocenters. The number of unbranched alkanes of at least 4 members (excludes halogenated alkanes) is 3. The first-order valence-corrected chi connectivity index (χ1v) is 14.6. The van der Waals surface area contributed by atoms with E-state index >= 15 is 0 Å². The van der Waals surface area contributed by atoms with Crippen LogP contribution in [0.25, 0.3) is 6.08 Å². The van der Waals surface area contributed by atoms with E-state index in [1.165, 1.54) is 6.08 Å². The topological polar surface area (TPSA) is 132 Å². The van der Waals surface area contributed by atoms with Crippen molar-refractivity contribution in [2.45, 2.75) is 51.6 Å². The van der Waals surface area contributed by atoms with Crippen LogP contribution in [0.15, 0.2) is 72.8 Å². The molecule has 0 heterocycles. The first-order valence-electron chi connectivity index (χ1n) is 14.6. The molecule has 0 bridgehead atoms. The maximum absolute atomic E-state index is 12.2. The maximum Gasteiger partial charge on any atom is 0.338 e. The summed E-state index contributed by atoms with van der Waals surface area (Å²) in [6, 6.07) is 19.1. The van der Waals surface area contributed by atoms with Crippen molar-refractivity contribution in [3.8, 4) is 17.2 Å². The average molecular weight is 591 g/mol. The summed E-state index contributed by atoms with van der Waals surface area (Å²) in [5.41, 5.74) is 13.5. The summed E-state index contributed by atoms with van der Waals surface area (Å²) in [6.45, 7) is 3.56. The Morgan fingerprint density at radius 3 is 1.98 bits per heavy atom. The quantitative estimate of drug-likeness (QED) is 0.0563. The Bertz CT molecular complexity index is 1280. The number of nitrogens with two attached hydrogens (primary N) is 2. The fourth-order valence-corrected chi connectivity index (χ4v) is 4.18. The van der Waals surface area contributed by atoms with E-state index in [1.54, 1.807) is 55.7 Å². The molecule has 0 amide bonds. The SMILES string of the molecule is CCC(CCOc1ccc(OC(=O)/C=C/c2ccc(OCCCCCCOC(=O)c3cc(N)cc(N)c3)cc2)cc1)OC. The van der Waals surface area contributed by atoms with E-state index in [1.807, 2.05) is 24.3 Å². The van der Waals surface area contributed by atoms with Crippen LogP contribution in [0.3, 0.4) is 0 Å². The number of benzene rings is 3. The van der Waals surface area contributed by atoms with E-state index in [4.69, 9.17) is 35.2 Å². The molecular formula is C34H42N2O7. The van der Waals surface area contributed by atoms with Gasteiger partial charge in [-0.05, 0) is 98.3 Å². The predicted molar refractivity (Wildman–Crippen MR) is 168 cm³/mol. The maximum atomic E-state index is 12.2. The van der Waals surface area contributed by atoms with E-state index in [0.29, 0.717) is 48.3 Å². The van der Waals surface area contributed by atoms with Crippen molar-refractivity contribution in [1.29, 1.82) is 0 Å². The lowest BCUT2D eigenvalue weighted by Gasteiger charge is -2.13. The molecule has 9 nitrogen and oxygen atoms in total. The van der Waals surface area contributed by atoms with Crippen LogP contribution in [-0.2, 0) is 14.3 Å². The fourth-order valence-electron chi connectivity index (χ4n) is 4.18. The Hall–Kier alpha value is -4.50. The van der Waals surface area contributed by atoms with E-state index in [2.05, 4.69) is 6.92 Å². The van der Waals surface area contributed by atoms with Crippen molar-refractivity contribution < 1.29 is 33.3 Å². The van der Waals surface area contributed by atoms with Crippen molar-refractivity contribution in [3.05, 3.63) is 83.9 Å². The Morgan fingerprint density at radius 1 is 0.767 bits per heavy atom. The van der Waals surface area contributed by atoms with Gasteiger partial charge in [0.15, 0.2) is 0 Å². The minimum absolute atomic E-state index is 0.187. The zero-order valence-corrected chi connectivity index (χ0v) is 25.0. The highest BCUT2D eigenvalue weighted by atomic mass is 16.5. The molecule has 43 heavy (non-hydrogen) atoms. The fraction of sp³-hybridized carbons (Fsp3) is 0.353. The van der Waals surface area contributed by atoms with Crippen LogP contribution in [0.1, 0.15) is 61.4 Å². The molecule has 4 N–H and O–H groups in total. The van der Waals surface area contributed by atoms with E-state index < -0.39 is 11.9 Å². The van der Waals surface area contributed by atoms with Gasteiger partial charge in [0.05, 0.1) is 31.5 Å². The second-order valence-electron chi connectivity index (χ2n) is 9.98. The first-order chi connectivity index (χ1) is 20.9. The molecule has 0 aliphatic rings. The molecule has 9 heteroatoms. The van der Waals surface area contributed by atoms with Crippen molar-refractivity contribution in [3.63, 3.8) is 0 Å². The number of carbonyl (C=O) groups is 2. The number of hydrogen-bond donors (Lipinski definition) is 2. The smallest absolute Gasteiger partial charge is 0.338 e. The van der Waals surface area contributed by atoms with E-state index in [9.17, 15) is 9.59 Å². The highest BCUT2D eigenvalue weighted by Crippen LogP contribution is 2.19. The number of rotatable bonds is 18. The Labute approximate surface area is 253 Å². The predicted octanol–water partition coefficient (Wildman–Crippen LogP) is 6.46. The van der Waals surface area contributed by atoms with Gasteiger partial charge in [0.1, 0.15) is 17.2 Å². The van der Waals surface area contributed by atoms with Crippen LogP contribution in [0.4, 0.5) is 11.4 Å². The minimum atomic E-state index is -0.468. The molecule has 3 aromatic carbocycles. The highest BCUT2D eigenvalue weighted by Gasteiger charge is 2.09. The second-order valence-corrected chi connectivity index (χ2v) is 9.98. The van der Waals surface area contributed by atoms with Gasteiger partial charge in [0.25, 0.3) is 0 Å². The average Bonchev–Trinajstić information content (AvgIpc) is 3.00. The van der Waals surface area contributed by atoms with E-state index in [0.717, 1.165) is 49.8 Å². The summed E-state index contributed by atoms with van der Waals surface area (Å²) in [7, 11) is 1.70. The molecule has 0 saturated heterocycles.